The van der Waals surface area contributed by atoms with Crippen LogP contribution in [0.3, 0.4) is 0 Å². The van der Waals surface area contributed by atoms with Gasteiger partial charge in [-0.1, -0.05) is 6.07 Å². The van der Waals surface area contributed by atoms with E-state index in [1.54, 1.807) is 0 Å². The van der Waals surface area contributed by atoms with Gasteiger partial charge in [0.05, 0.1) is 5.56 Å². The van der Waals surface area contributed by atoms with Gasteiger partial charge in [0.1, 0.15) is 0 Å². The Kier molecular flexibility index (Phi) is 5.55. The summed E-state index contributed by atoms with van der Waals surface area (Å²) in [4.78, 5) is 11.6. The fraction of sp³-hybridized carbons (Fsp3) is 0.364. The van der Waals surface area contributed by atoms with Crippen molar-refractivity contribution < 1.29 is 36.2 Å². The third kappa shape index (κ3) is 4.84. The van der Waals surface area contributed by atoms with Gasteiger partial charge in [-0.15, -0.1) is 24.8 Å². The number of rotatable bonds is 6. The van der Waals surface area contributed by atoms with E-state index in [2.05, 4.69) is 9.47 Å². The van der Waals surface area contributed by atoms with Crippen molar-refractivity contribution in [1.82, 2.24) is 0 Å². The second kappa shape index (κ2) is 6.74. The molecule has 0 atom stereocenters. The van der Waals surface area contributed by atoms with Crippen LogP contribution in [0.5, 0.6) is 11.5 Å². The zero-order valence-corrected chi connectivity index (χ0v) is 10.5. The Morgan fingerprint density at radius 2 is 1.95 bits per heavy atom. The van der Waals surface area contributed by atoms with E-state index in [4.69, 9.17) is 11.6 Å². The van der Waals surface area contributed by atoms with Gasteiger partial charge in [-0.05, 0) is 12.1 Å². The molecule has 9 heteroatoms. The fourth-order valence-corrected chi connectivity index (χ4v) is 1.54. The number of benzene rings is 1. The van der Waals surface area contributed by atoms with Gasteiger partial charge in [-0.2, -0.15) is 8.78 Å². The second-order valence-electron chi connectivity index (χ2n) is 3.42. The Hall–Kier alpha value is -1.57. The number of hydrogen-bond acceptors (Lipinski definition) is 3. The molecule has 0 bridgehead atoms. The summed E-state index contributed by atoms with van der Waals surface area (Å²) in [6, 6.07) is 2.87. The average Bonchev–Trinajstić information content (AvgIpc) is 2.29. The zero-order chi connectivity index (χ0) is 15.3. The Balaban J connectivity index is 3.23. The maximum Gasteiger partial charge on any atom is 0.573 e. The van der Waals surface area contributed by atoms with Crippen LogP contribution in [0.2, 0.25) is 0 Å². The molecule has 0 heterocycles. The van der Waals surface area contributed by atoms with Crippen LogP contribution in [0.25, 0.3) is 0 Å². The minimum absolute atomic E-state index is 0.114. The number of halogens is 6. The van der Waals surface area contributed by atoms with Crippen molar-refractivity contribution in [2.45, 2.75) is 19.4 Å². The average molecular weight is 319 g/mol. The Bertz CT molecular complexity index is 476. The summed E-state index contributed by atoms with van der Waals surface area (Å²) in [5.41, 5.74) is -0.451. The lowest BCUT2D eigenvalue weighted by atomic mass is 10.1. The molecule has 0 fully saturated rings. The molecule has 0 aromatic heterocycles. The SMILES string of the molecule is O=C(CCCl)c1cccc(OC(F)(F)F)c1OC(F)F. The van der Waals surface area contributed by atoms with Gasteiger partial charge in [0, 0.05) is 12.3 Å². The van der Waals surface area contributed by atoms with E-state index >= 15 is 0 Å². The van der Waals surface area contributed by atoms with Crippen molar-refractivity contribution >= 4 is 17.4 Å². The zero-order valence-electron chi connectivity index (χ0n) is 9.72. The lowest BCUT2D eigenvalue weighted by molar-refractivity contribution is -0.275. The standard InChI is InChI=1S/C11H8ClF5O3/c12-5-4-7(18)6-2-1-3-8(20-11(15,16)17)9(6)19-10(13)14/h1-3,10H,4-5H2. The molecular formula is C11H8ClF5O3. The molecule has 112 valence electrons. The highest BCUT2D eigenvalue weighted by Crippen LogP contribution is 2.36. The first kappa shape index (κ1) is 16.5. The molecule has 0 unspecified atom stereocenters. The van der Waals surface area contributed by atoms with Crippen LogP contribution in [0.15, 0.2) is 18.2 Å². The highest BCUT2D eigenvalue weighted by atomic mass is 35.5. The summed E-state index contributed by atoms with van der Waals surface area (Å²) in [5.74, 6) is -2.83. The molecule has 1 aromatic rings. The van der Waals surface area contributed by atoms with Gasteiger partial charge in [-0.3, -0.25) is 4.79 Å². The van der Waals surface area contributed by atoms with E-state index in [1.165, 1.54) is 0 Å². The van der Waals surface area contributed by atoms with Gasteiger partial charge in [0.2, 0.25) is 0 Å². The number of ether oxygens (including phenoxy) is 2. The first-order valence-electron chi connectivity index (χ1n) is 5.17. The second-order valence-corrected chi connectivity index (χ2v) is 3.80. The molecule has 0 amide bonds. The van der Waals surface area contributed by atoms with Crippen LogP contribution in [-0.4, -0.2) is 24.6 Å². The molecule has 0 spiro atoms. The summed E-state index contributed by atoms with van der Waals surface area (Å²) in [6.07, 6.45) is -5.34. The minimum Gasteiger partial charge on any atom is -0.430 e. The van der Waals surface area contributed by atoms with Crippen LogP contribution >= 0.6 is 11.6 Å². The quantitative estimate of drug-likeness (QED) is 0.452. The Labute approximate surface area is 115 Å². The van der Waals surface area contributed by atoms with E-state index in [1.807, 2.05) is 0 Å². The van der Waals surface area contributed by atoms with Crippen molar-refractivity contribution in [3.8, 4) is 11.5 Å². The van der Waals surface area contributed by atoms with Crippen molar-refractivity contribution in [3.05, 3.63) is 23.8 Å². The fourth-order valence-electron chi connectivity index (χ4n) is 1.37. The summed E-state index contributed by atoms with van der Waals surface area (Å²) >= 11 is 5.33. The molecule has 0 radical (unpaired) electrons. The van der Waals surface area contributed by atoms with Crippen LogP contribution in [0.1, 0.15) is 16.8 Å². The van der Waals surface area contributed by atoms with Crippen molar-refractivity contribution in [3.63, 3.8) is 0 Å². The van der Waals surface area contributed by atoms with Crippen molar-refractivity contribution in [2.75, 3.05) is 5.88 Å². The number of Topliss-reactive ketones (excluding diaryl/α,β-unsaturated/α-hetero) is 1. The third-order valence-corrected chi connectivity index (χ3v) is 2.22. The smallest absolute Gasteiger partial charge is 0.430 e. The maximum absolute atomic E-state index is 12.3. The first-order chi connectivity index (χ1) is 9.24. The summed E-state index contributed by atoms with van der Waals surface area (Å²) < 4.78 is 68.6. The number of hydrogen-bond donors (Lipinski definition) is 0. The molecule has 0 N–H and O–H groups in total. The lowest BCUT2D eigenvalue weighted by Gasteiger charge is -2.16. The third-order valence-electron chi connectivity index (χ3n) is 2.03. The van der Waals surface area contributed by atoms with Crippen molar-refractivity contribution in [1.29, 1.82) is 0 Å². The molecule has 0 aliphatic carbocycles. The monoisotopic (exact) mass is 318 g/mol. The highest BCUT2D eigenvalue weighted by molar-refractivity contribution is 6.19. The van der Waals surface area contributed by atoms with E-state index in [0.29, 0.717) is 0 Å². The summed E-state index contributed by atoms with van der Waals surface area (Å²) in [5, 5.41) is 0. The van der Waals surface area contributed by atoms with Gasteiger partial charge < -0.3 is 9.47 Å². The lowest BCUT2D eigenvalue weighted by Crippen LogP contribution is -2.19. The summed E-state index contributed by atoms with van der Waals surface area (Å²) in [7, 11) is 0. The van der Waals surface area contributed by atoms with Gasteiger partial charge in [0.25, 0.3) is 0 Å². The van der Waals surface area contributed by atoms with Crippen LogP contribution in [0, 0.1) is 0 Å². The Morgan fingerprint density at radius 1 is 1.30 bits per heavy atom. The molecule has 0 saturated heterocycles. The number of para-hydroxylation sites is 1. The van der Waals surface area contributed by atoms with Crippen LogP contribution in [0.4, 0.5) is 22.0 Å². The molecule has 0 saturated carbocycles. The maximum atomic E-state index is 12.3. The largest absolute Gasteiger partial charge is 0.573 e. The van der Waals surface area contributed by atoms with Gasteiger partial charge in [0.15, 0.2) is 17.3 Å². The topological polar surface area (TPSA) is 35.5 Å². The Morgan fingerprint density at radius 3 is 2.45 bits per heavy atom. The van der Waals surface area contributed by atoms with E-state index in [-0.39, 0.29) is 12.3 Å². The van der Waals surface area contributed by atoms with Gasteiger partial charge >= 0.3 is 13.0 Å². The molecule has 0 aliphatic heterocycles. The first-order valence-corrected chi connectivity index (χ1v) is 5.70. The predicted octanol–water partition coefficient (Wildman–Crippen LogP) is 4.00. The molecule has 20 heavy (non-hydrogen) atoms. The molecule has 0 aliphatic rings. The van der Waals surface area contributed by atoms with E-state index in [0.717, 1.165) is 18.2 Å². The number of ketones is 1. The highest BCUT2D eigenvalue weighted by Gasteiger charge is 2.34. The predicted molar refractivity (Wildman–Crippen MR) is 59.4 cm³/mol. The molecular weight excluding hydrogens is 311 g/mol. The van der Waals surface area contributed by atoms with Crippen LogP contribution < -0.4 is 9.47 Å². The number of carbonyl (C=O) groups is 1. The minimum atomic E-state index is -5.10. The van der Waals surface area contributed by atoms with Crippen LogP contribution in [-0.2, 0) is 0 Å². The van der Waals surface area contributed by atoms with Gasteiger partial charge in [-0.25, -0.2) is 0 Å². The molecule has 1 rings (SSSR count). The van der Waals surface area contributed by atoms with E-state index in [9.17, 15) is 26.7 Å². The molecule has 3 nitrogen and oxygen atoms in total. The van der Waals surface area contributed by atoms with Crippen molar-refractivity contribution in [2.24, 2.45) is 0 Å². The molecule has 1 aromatic carbocycles. The summed E-state index contributed by atoms with van der Waals surface area (Å²) in [6.45, 7) is -3.41. The number of alkyl halides is 6. The number of carbonyl (C=O) groups excluding carboxylic acids is 1. The normalized spacial score (nSPS) is 11.6. The van der Waals surface area contributed by atoms with E-state index < -0.39 is 35.8 Å².